The molecular weight excluding hydrogens is 336 g/mol. The maximum Gasteiger partial charge on any atom is 0.254 e. The molecule has 1 aliphatic heterocycles. The Balaban J connectivity index is 1.71. The predicted molar refractivity (Wildman–Crippen MR) is 98.6 cm³/mol. The molecular formula is C20H21ClN2O2. The van der Waals surface area contributed by atoms with Crippen LogP contribution >= 0.6 is 11.6 Å². The van der Waals surface area contributed by atoms with Gasteiger partial charge in [-0.05, 0) is 30.2 Å². The summed E-state index contributed by atoms with van der Waals surface area (Å²) in [6, 6.07) is 15.1. The van der Waals surface area contributed by atoms with Crippen LogP contribution in [0.4, 0.5) is 0 Å². The monoisotopic (exact) mass is 356 g/mol. The molecule has 0 N–H and O–H groups in total. The smallest absolute Gasteiger partial charge is 0.254 e. The molecule has 1 fully saturated rings. The van der Waals surface area contributed by atoms with Crippen molar-refractivity contribution in [2.75, 3.05) is 19.6 Å². The molecule has 25 heavy (non-hydrogen) atoms. The minimum atomic E-state index is -0.00880. The Morgan fingerprint density at radius 1 is 1.04 bits per heavy atom. The van der Waals surface area contributed by atoms with Gasteiger partial charge in [0, 0.05) is 43.2 Å². The number of amides is 2. The van der Waals surface area contributed by atoms with E-state index in [0.29, 0.717) is 43.2 Å². The highest BCUT2D eigenvalue weighted by molar-refractivity contribution is 6.31. The molecule has 0 spiro atoms. The molecule has 0 radical (unpaired) electrons. The van der Waals surface area contributed by atoms with E-state index in [0.717, 1.165) is 11.1 Å². The van der Waals surface area contributed by atoms with Crippen molar-refractivity contribution >= 4 is 23.4 Å². The van der Waals surface area contributed by atoms with Gasteiger partial charge in [-0.3, -0.25) is 9.59 Å². The van der Waals surface area contributed by atoms with Crippen LogP contribution in [0.1, 0.15) is 27.9 Å². The van der Waals surface area contributed by atoms with Crippen LogP contribution in [-0.2, 0) is 11.3 Å². The van der Waals surface area contributed by atoms with Gasteiger partial charge in [-0.2, -0.15) is 0 Å². The number of rotatable bonds is 3. The SMILES string of the molecule is Cc1ccccc1C(=O)N1CCC(=O)N(Cc2ccccc2Cl)CC1. The van der Waals surface area contributed by atoms with E-state index < -0.39 is 0 Å². The van der Waals surface area contributed by atoms with Crippen molar-refractivity contribution in [2.45, 2.75) is 19.9 Å². The minimum Gasteiger partial charge on any atom is -0.336 e. The lowest BCUT2D eigenvalue weighted by atomic mass is 10.1. The Morgan fingerprint density at radius 3 is 2.52 bits per heavy atom. The largest absolute Gasteiger partial charge is 0.336 e. The summed E-state index contributed by atoms with van der Waals surface area (Å²) in [6.45, 7) is 3.90. The Kier molecular flexibility index (Phi) is 5.39. The standard InChI is InChI=1S/C20H21ClN2O2/c1-15-6-2-4-8-17(15)20(25)22-11-10-19(24)23(13-12-22)14-16-7-3-5-9-18(16)21/h2-9H,10-14H2,1H3. The number of aryl methyl sites for hydroxylation is 1. The fourth-order valence-corrected chi connectivity index (χ4v) is 3.25. The molecule has 3 rings (SSSR count). The predicted octanol–water partition coefficient (Wildman–Crippen LogP) is 3.52. The number of hydrogen-bond acceptors (Lipinski definition) is 2. The normalized spacial score (nSPS) is 15.2. The molecule has 2 aromatic carbocycles. The zero-order chi connectivity index (χ0) is 17.8. The molecule has 0 bridgehead atoms. The third-order valence-electron chi connectivity index (χ3n) is 4.57. The lowest BCUT2D eigenvalue weighted by Crippen LogP contribution is -2.36. The lowest BCUT2D eigenvalue weighted by molar-refractivity contribution is -0.130. The number of halogens is 1. The third kappa shape index (κ3) is 4.02. The Bertz CT molecular complexity index is 791. The molecule has 0 atom stereocenters. The van der Waals surface area contributed by atoms with Gasteiger partial charge in [-0.15, -0.1) is 0 Å². The van der Waals surface area contributed by atoms with Crippen LogP contribution in [-0.4, -0.2) is 41.2 Å². The summed E-state index contributed by atoms with van der Waals surface area (Å²) >= 11 is 6.21. The molecule has 2 amide bonds. The molecule has 5 heteroatoms. The van der Waals surface area contributed by atoms with Crippen molar-refractivity contribution in [1.82, 2.24) is 9.80 Å². The second-order valence-corrected chi connectivity index (χ2v) is 6.67. The van der Waals surface area contributed by atoms with Gasteiger partial charge < -0.3 is 9.80 Å². The van der Waals surface area contributed by atoms with Crippen molar-refractivity contribution in [3.05, 3.63) is 70.2 Å². The van der Waals surface area contributed by atoms with Crippen molar-refractivity contribution in [2.24, 2.45) is 0 Å². The fourth-order valence-electron chi connectivity index (χ4n) is 3.05. The Labute approximate surface area is 153 Å². The summed E-state index contributed by atoms with van der Waals surface area (Å²) < 4.78 is 0. The van der Waals surface area contributed by atoms with Gasteiger partial charge in [0.2, 0.25) is 5.91 Å². The maximum absolute atomic E-state index is 12.8. The van der Waals surface area contributed by atoms with Crippen LogP contribution in [0.2, 0.25) is 5.02 Å². The van der Waals surface area contributed by atoms with E-state index in [4.69, 9.17) is 11.6 Å². The van der Waals surface area contributed by atoms with E-state index in [2.05, 4.69) is 0 Å². The number of carbonyl (C=O) groups excluding carboxylic acids is 2. The average molecular weight is 357 g/mol. The van der Waals surface area contributed by atoms with Gasteiger partial charge in [0.25, 0.3) is 5.91 Å². The summed E-state index contributed by atoms with van der Waals surface area (Å²) in [5, 5.41) is 0.660. The van der Waals surface area contributed by atoms with Crippen LogP contribution < -0.4 is 0 Å². The molecule has 0 aromatic heterocycles. The number of nitrogens with zero attached hydrogens (tertiary/aromatic N) is 2. The number of hydrogen-bond donors (Lipinski definition) is 0. The third-order valence-corrected chi connectivity index (χ3v) is 4.94. The molecule has 2 aromatic rings. The first-order valence-corrected chi connectivity index (χ1v) is 8.80. The zero-order valence-electron chi connectivity index (χ0n) is 14.2. The molecule has 0 unspecified atom stereocenters. The van der Waals surface area contributed by atoms with Gasteiger partial charge in [0.05, 0.1) is 0 Å². The molecule has 1 aliphatic rings. The first-order valence-electron chi connectivity index (χ1n) is 8.42. The van der Waals surface area contributed by atoms with Gasteiger partial charge in [-0.1, -0.05) is 48.0 Å². The Morgan fingerprint density at radius 2 is 1.76 bits per heavy atom. The second kappa shape index (κ2) is 7.70. The van der Waals surface area contributed by atoms with Crippen LogP contribution in [0.25, 0.3) is 0 Å². The molecule has 1 saturated heterocycles. The summed E-state index contributed by atoms with van der Waals surface area (Å²) in [4.78, 5) is 28.8. The zero-order valence-corrected chi connectivity index (χ0v) is 15.0. The number of benzene rings is 2. The maximum atomic E-state index is 12.8. The summed E-state index contributed by atoms with van der Waals surface area (Å²) in [5.41, 5.74) is 2.58. The van der Waals surface area contributed by atoms with Crippen molar-refractivity contribution in [3.63, 3.8) is 0 Å². The van der Waals surface area contributed by atoms with Gasteiger partial charge in [-0.25, -0.2) is 0 Å². The van der Waals surface area contributed by atoms with Crippen molar-refractivity contribution in [1.29, 1.82) is 0 Å². The lowest BCUT2D eigenvalue weighted by Gasteiger charge is -2.23. The van der Waals surface area contributed by atoms with Crippen LogP contribution in [0.15, 0.2) is 48.5 Å². The van der Waals surface area contributed by atoms with Crippen LogP contribution in [0.5, 0.6) is 0 Å². The van der Waals surface area contributed by atoms with E-state index in [9.17, 15) is 9.59 Å². The summed E-state index contributed by atoms with van der Waals surface area (Å²) in [6.07, 6.45) is 0.335. The van der Waals surface area contributed by atoms with Crippen molar-refractivity contribution < 1.29 is 9.59 Å². The number of carbonyl (C=O) groups is 2. The van der Waals surface area contributed by atoms with Crippen LogP contribution in [0.3, 0.4) is 0 Å². The minimum absolute atomic E-state index is 0.00880. The first-order chi connectivity index (χ1) is 12.1. The topological polar surface area (TPSA) is 40.6 Å². The van der Waals surface area contributed by atoms with E-state index in [1.165, 1.54) is 0 Å². The van der Waals surface area contributed by atoms with E-state index in [1.807, 2.05) is 55.5 Å². The highest BCUT2D eigenvalue weighted by atomic mass is 35.5. The first kappa shape index (κ1) is 17.5. The molecule has 0 saturated carbocycles. The van der Waals surface area contributed by atoms with Crippen molar-refractivity contribution in [3.8, 4) is 0 Å². The van der Waals surface area contributed by atoms with Gasteiger partial charge in [0.1, 0.15) is 0 Å². The van der Waals surface area contributed by atoms with E-state index in [1.54, 1.807) is 9.80 Å². The van der Waals surface area contributed by atoms with E-state index in [-0.39, 0.29) is 11.8 Å². The molecule has 0 aliphatic carbocycles. The van der Waals surface area contributed by atoms with Crippen LogP contribution in [0, 0.1) is 6.92 Å². The van der Waals surface area contributed by atoms with E-state index >= 15 is 0 Å². The van der Waals surface area contributed by atoms with Gasteiger partial charge >= 0.3 is 0 Å². The molecule has 4 nitrogen and oxygen atoms in total. The quantitative estimate of drug-likeness (QED) is 0.844. The van der Waals surface area contributed by atoms with Gasteiger partial charge in [0.15, 0.2) is 0 Å². The Hall–Kier alpha value is -2.33. The second-order valence-electron chi connectivity index (χ2n) is 6.26. The summed E-state index contributed by atoms with van der Waals surface area (Å²) in [5.74, 6) is 0.0468. The highest BCUT2D eigenvalue weighted by Crippen LogP contribution is 2.19. The molecule has 130 valence electrons. The molecule has 1 heterocycles. The average Bonchev–Trinajstić information content (AvgIpc) is 2.79. The summed E-state index contributed by atoms with van der Waals surface area (Å²) in [7, 11) is 0. The highest BCUT2D eigenvalue weighted by Gasteiger charge is 2.25. The fraction of sp³-hybridized carbons (Fsp3) is 0.300.